The molecule has 0 aromatic carbocycles. The molecule has 1 aromatic heterocycles. The van der Waals surface area contributed by atoms with Gasteiger partial charge in [-0.05, 0) is 19.8 Å². The number of nitrogens with zero attached hydrogens (tertiary/aromatic N) is 2. The van der Waals surface area contributed by atoms with Crippen LogP contribution in [0.2, 0.25) is 0 Å². The largest absolute Gasteiger partial charge is 0.361 e. The zero-order chi connectivity index (χ0) is 13.2. The summed E-state index contributed by atoms with van der Waals surface area (Å²) >= 11 is 0. The third kappa shape index (κ3) is 3.09. The first-order valence-corrected chi connectivity index (χ1v) is 7.47. The van der Waals surface area contributed by atoms with Crippen LogP contribution in [0.25, 0.3) is 0 Å². The Balaban J connectivity index is 2.02. The van der Waals surface area contributed by atoms with Crippen molar-refractivity contribution >= 4 is 10.0 Å². The van der Waals surface area contributed by atoms with Gasteiger partial charge in [0.25, 0.3) is 0 Å². The fourth-order valence-corrected chi connectivity index (χ4v) is 3.56. The molecule has 0 saturated heterocycles. The Bertz CT molecular complexity index is 558. The number of aryl methyl sites for hydroxylation is 1. The smallest absolute Gasteiger partial charge is 0.217 e. The average molecular weight is 269 g/mol. The molecular formula is C11H15N3O3S. The highest BCUT2D eigenvalue weighted by Gasteiger charge is 2.30. The molecule has 98 valence electrons. The molecule has 1 N–H and O–H groups in total. The van der Waals surface area contributed by atoms with Gasteiger partial charge in [0, 0.05) is 12.1 Å². The van der Waals surface area contributed by atoms with Gasteiger partial charge in [0.05, 0.1) is 12.0 Å². The normalized spacial score (nSPS) is 24.0. The molecule has 2 atom stereocenters. The van der Waals surface area contributed by atoms with Gasteiger partial charge in [-0.15, -0.1) is 0 Å². The van der Waals surface area contributed by atoms with Crippen molar-refractivity contribution in [2.24, 2.45) is 5.92 Å². The van der Waals surface area contributed by atoms with Gasteiger partial charge in [0.1, 0.15) is 17.2 Å². The molecule has 1 aromatic rings. The van der Waals surface area contributed by atoms with E-state index < -0.39 is 10.0 Å². The summed E-state index contributed by atoms with van der Waals surface area (Å²) < 4.78 is 31.3. The molecule has 0 aliphatic heterocycles. The minimum Gasteiger partial charge on any atom is -0.361 e. The molecule has 2 rings (SSSR count). The molecule has 0 radical (unpaired) electrons. The summed E-state index contributed by atoms with van der Waals surface area (Å²) in [5, 5.41) is 12.6. The predicted octanol–water partition coefficient (Wildman–Crippen LogP) is 1.09. The quantitative estimate of drug-likeness (QED) is 0.882. The molecule has 0 spiro atoms. The van der Waals surface area contributed by atoms with Crippen molar-refractivity contribution < 1.29 is 12.9 Å². The molecule has 1 aliphatic carbocycles. The maximum Gasteiger partial charge on any atom is 0.217 e. The van der Waals surface area contributed by atoms with Gasteiger partial charge in [-0.2, -0.15) is 5.26 Å². The summed E-state index contributed by atoms with van der Waals surface area (Å²) in [6.45, 7) is 1.71. The molecule has 6 nitrogen and oxygen atoms in total. The van der Waals surface area contributed by atoms with Gasteiger partial charge in [-0.3, -0.25) is 0 Å². The highest BCUT2D eigenvalue weighted by molar-refractivity contribution is 7.88. The van der Waals surface area contributed by atoms with Gasteiger partial charge in [-0.1, -0.05) is 11.6 Å². The lowest BCUT2D eigenvalue weighted by molar-refractivity contribution is 0.392. The van der Waals surface area contributed by atoms with E-state index in [4.69, 9.17) is 9.78 Å². The van der Waals surface area contributed by atoms with Crippen LogP contribution in [0.5, 0.6) is 0 Å². The second kappa shape index (κ2) is 5.08. The topological polar surface area (TPSA) is 96.0 Å². The highest BCUT2D eigenvalue weighted by Crippen LogP contribution is 2.25. The van der Waals surface area contributed by atoms with Gasteiger partial charge in [0.2, 0.25) is 10.0 Å². The van der Waals surface area contributed by atoms with Gasteiger partial charge in [-0.25, -0.2) is 13.1 Å². The highest BCUT2D eigenvalue weighted by atomic mass is 32.2. The molecule has 0 bridgehead atoms. The van der Waals surface area contributed by atoms with E-state index in [1.54, 1.807) is 13.0 Å². The third-order valence-corrected chi connectivity index (χ3v) is 4.37. The number of hydrogen-bond acceptors (Lipinski definition) is 5. The molecular weight excluding hydrogens is 254 g/mol. The summed E-state index contributed by atoms with van der Waals surface area (Å²) in [5.74, 6) is 0.147. The van der Waals surface area contributed by atoms with Gasteiger partial charge < -0.3 is 4.52 Å². The van der Waals surface area contributed by atoms with E-state index in [1.165, 1.54) is 0 Å². The number of nitriles is 1. The zero-order valence-corrected chi connectivity index (χ0v) is 10.9. The number of sulfonamides is 1. The Morgan fingerprint density at radius 2 is 2.39 bits per heavy atom. The fourth-order valence-electron chi connectivity index (χ4n) is 2.21. The summed E-state index contributed by atoms with van der Waals surface area (Å²) in [4.78, 5) is 0. The Morgan fingerprint density at radius 1 is 1.61 bits per heavy atom. The van der Waals surface area contributed by atoms with Crippen molar-refractivity contribution in [3.05, 3.63) is 17.5 Å². The summed E-state index contributed by atoms with van der Waals surface area (Å²) in [5.41, 5.74) is 0.381. The summed E-state index contributed by atoms with van der Waals surface area (Å²) in [7, 11) is -3.47. The van der Waals surface area contributed by atoms with Crippen LogP contribution in [0.4, 0.5) is 0 Å². The Hall–Kier alpha value is -1.39. The summed E-state index contributed by atoms with van der Waals surface area (Å²) in [6.07, 6.45) is 2.36. The number of hydrogen-bond donors (Lipinski definition) is 1. The van der Waals surface area contributed by atoms with Gasteiger partial charge >= 0.3 is 0 Å². The number of rotatable bonds is 4. The SMILES string of the molecule is Cc1cc(CS(=O)(=O)NC2CCCC2C#N)no1. The molecule has 0 amide bonds. The second-order valence-corrected chi connectivity index (χ2v) is 6.33. The third-order valence-electron chi connectivity index (χ3n) is 3.03. The first-order chi connectivity index (χ1) is 8.50. The van der Waals surface area contributed by atoms with E-state index in [1.807, 2.05) is 0 Å². The first-order valence-electron chi connectivity index (χ1n) is 5.82. The Labute approximate surface area is 106 Å². The van der Waals surface area contributed by atoms with Crippen LogP contribution in [-0.2, 0) is 15.8 Å². The average Bonchev–Trinajstić information content (AvgIpc) is 2.86. The number of nitrogens with one attached hydrogen (secondary N) is 1. The summed E-state index contributed by atoms with van der Waals surface area (Å²) in [6, 6.07) is 3.47. The molecule has 2 unspecified atom stereocenters. The van der Waals surface area contributed by atoms with E-state index in [9.17, 15) is 8.42 Å². The van der Waals surface area contributed by atoms with Crippen LogP contribution < -0.4 is 4.72 Å². The Morgan fingerprint density at radius 3 is 3.00 bits per heavy atom. The van der Waals surface area contributed by atoms with Crippen LogP contribution in [-0.4, -0.2) is 19.6 Å². The Kier molecular flexibility index (Phi) is 3.68. The van der Waals surface area contributed by atoms with Crippen LogP contribution >= 0.6 is 0 Å². The minimum atomic E-state index is -3.47. The minimum absolute atomic E-state index is 0.209. The van der Waals surface area contributed by atoms with Crippen molar-refractivity contribution in [3.8, 4) is 6.07 Å². The lowest BCUT2D eigenvalue weighted by atomic mass is 10.1. The van der Waals surface area contributed by atoms with Crippen molar-refractivity contribution in [1.82, 2.24) is 9.88 Å². The molecule has 1 fully saturated rings. The lowest BCUT2D eigenvalue weighted by Crippen LogP contribution is -2.37. The van der Waals surface area contributed by atoms with E-state index in [0.717, 1.165) is 19.3 Å². The van der Waals surface area contributed by atoms with Crippen LogP contribution in [0.15, 0.2) is 10.6 Å². The number of aromatic nitrogens is 1. The van der Waals surface area contributed by atoms with Crippen molar-refractivity contribution in [3.63, 3.8) is 0 Å². The van der Waals surface area contributed by atoms with Crippen molar-refractivity contribution in [1.29, 1.82) is 5.26 Å². The molecule has 7 heteroatoms. The molecule has 1 aliphatic rings. The van der Waals surface area contributed by atoms with Crippen molar-refractivity contribution in [2.75, 3.05) is 0 Å². The lowest BCUT2D eigenvalue weighted by Gasteiger charge is -2.14. The predicted molar refractivity (Wildman–Crippen MR) is 63.7 cm³/mol. The van der Waals surface area contributed by atoms with E-state index in [2.05, 4.69) is 15.9 Å². The van der Waals surface area contributed by atoms with E-state index in [-0.39, 0.29) is 17.7 Å². The van der Waals surface area contributed by atoms with E-state index in [0.29, 0.717) is 11.5 Å². The van der Waals surface area contributed by atoms with Gasteiger partial charge in [0.15, 0.2) is 0 Å². The van der Waals surface area contributed by atoms with Crippen LogP contribution in [0.1, 0.15) is 30.7 Å². The van der Waals surface area contributed by atoms with Crippen LogP contribution in [0, 0.1) is 24.2 Å². The monoisotopic (exact) mass is 269 g/mol. The zero-order valence-electron chi connectivity index (χ0n) is 10.1. The second-order valence-electron chi connectivity index (χ2n) is 4.58. The maximum absolute atomic E-state index is 11.9. The molecule has 1 saturated carbocycles. The molecule has 18 heavy (non-hydrogen) atoms. The maximum atomic E-state index is 11.9. The van der Waals surface area contributed by atoms with E-state index >= 15 is 0 Å². The first kappa shape index (κ1) is 13.1. The van der Waals surface area contributed by atoms with Crippen molar-refractivity contribution in [2.45, 2.75) is 38.0 Å². The van der Waals surface area contributed by atoms with Crippen LogP contribution in [0.3, 0.4) is 0 Å². The standard InChI is InChI=1S/C11H15N3O3S/c1-8-5-10(13-17-8)7-18(15,16)14-11-4-2-3-9(11)6-12/h5,9,11,14H,2-4,7H2,1H3. The molecule has 1 heterocycles. The fraction of sp³-hybridized carbons (Fsp3) is 0.636.